The summed E-state index contributed by atoms with van der Waals surface area (Å²) in [7, 11) is 0. The van der Waals surface area contributed by atoms with Crippen molar-refractivity contribution in [2.45, 2.75) is 79.1 Å². The van der Waals surface area contributed by atoms with Crippen molar-refractivity contribution in [3.8, 4) is 22.6 Å². The van der Waals surface area contributed by atoms with E-state index in [2.05, 4.69) is 23.5 Å². The van der Waals surface area contributed by atoms with E-state index in [0.717, 1.165) is 56.4 Å². The Kier molecular flexibility index (Phi) is 11.9. The molecule has 0 radical (unpaired) electrons. The first-order valence-corrected chi connectivity index (χ1v) is 14.8. The van der Waals surface area contributed by atoms with E-state index in [-0.39, 0.29) is 24.0 Å². The molecule has 232 valence electrons. The van der Waals surface area contributed by atoms with Crippen LogP contribution in [0.4, 0.5) is 18.9 Å². The molecule has 1 N–H and O–H groups in total. The number of hydrogen-bond acceptors (Lipinski definition) is 5. The monoisotopic (exact) mass is 592 g/mol. The molecule has 42 heavy (non-hydrogen) atoms. The van der Waals surface area contributed by atoms with E-state index in [1.54, 1.807) is 12.1 Å². The van der Waals surface area contributed by atoms with Gasteiger partial charge in [0, 0.05) is 37.9 Å². The molecule has 0 saturated heterocycles. The maximum Gasteiger partial charge on any atom is 0.573 e. The van der Waals surface area contributed by atoms with Gasteiger partial charge in [-0.3, -0.25) is 4.79 Å². The molecule has 1 aliphatic heterocycles. The first-order chi connectivity index (χ1) is 19.8. The van der Waals surface area contributed by atoms with Gasteiger partial charge in [-0.2, -0.15) is 0 Å². The fourth-order valence-corrected chi connectivity index (χ4v) is 5.11. The zero-order valence-electron chi connectivity index (χ0n) is 25.0. The van der Waals surface area contributed by atoms with E-state index in [9.17, 15) is 27.9 Å². The van der Waals surface area contributed by atoms with Crippen LogP contribution in [0.25, 0.3) is 11.1 Å². The van der Waals surface area contributed by atoms with Gasteiger partial charge in [-0.1, -0.05) is 65.5 Å². The number of hydrogen-bond donors (Lipinski definition) is 1. The van der Waals surface area contributed by atoms with Crippen LogP contribution in [0.15, 0.2) is 36.4 Å². The Morgan fingerprint density at radius 1 is 0.857 bits per heavy atom. The average Bonchev–Trinajstić information content (AvgIpc) is 2.91. The van der Waals surface area contributed by atoms with Crippen molar-refractivity contribution >= 4 is 17.6 Å². The zero-order chi connectivity index (χ0) is 30.9. The number of carboxylic acids is 1. The summed E-state index contributed by atoms with van der Waals surface area (Å²) in [6.07, 6.45) is 0.871. The quantitative estimate of drug-likeness (QED) is 0.335. The summed E-state index contributed by atoms with van der Waals surface area (Å²) >= 11 is 0. The van der Waals surface area contributed by atoms with E-state index in [0.29, 0.717) is 36.6 Å². The number of aliphatic carboxylic acids is 1. The standard InChI is InChI=1S/C32H43F3N2O5/c1-22(2)19-36-13-9-7-5-6-8-10-14-37(30(38)31(39)40)20-25-12-11-24(17-29(25)36)26-15-27(41-21-23(3)4)18-28(16-26)42-32(33,34)35/h11-12,15-18,22-23H,5-10,13-14,19-21H2,1-4H3,(H,39,40). The zero-order valence-corrected chi connectivity index (χ0v) is 25.0. The van der Waals surface area contributed by atoms with Crippen molar-refractivity contribution in [2.75, 3.05) is 31.1 Å². The largest absolute Gasteiger partial charge is 0.573 e. The fraction of sp³-hybridized carbons (Fsp3) is 0.562. The summed E-state index contributed by atoms with van der Waals surface area (Å²) in [5, 5.41) is 9.48. The van der Waals surface area contributed by atoms with Crippen molar-refractivity contribution in [3.05, 3.63) is 42.0 Å². The normalized spacial score (nSPS) is 15.5. The van der Waals surface area contributed by atoms with Gasteiger partial charge in [0.1, 0.15) is 11.5 Å². The Bertz CT molecular complexity index is 1200. The van der Waals surface area contributed by atoms with Crippen molar-refractivity contribution in [3.63, 3.8) is 0 Å². The number of amides is 1. The molecule has 0 fully saturated rings. The van der Waals surface area contributed by atoms with Gasteiger partial charge in [-0.15, -0.1) is 13.2 Å². The van der Waals surface area contributed by atoms with Gasteiger partial charge in [0.05, 0.1) is 6.61 Å². The van der Waals surface area contributed by atoms with Crippen molar-refractivity contribution < 1.29 is 37.3 Å². The molecule has 0 unspecified atom stereocenters. The number of halogens is 3. The highest BCUT2D eigenvalue weighted by molar-refractivity contribution is 6.31. The highest BCUT2D eigenvalue weighted by Gasteiger charge is 2.31. The Morgan fingerprint density at radius 2 is 1.50 bits per heavy atom. The Labute approximate surface area is 246 Å². The van der Waals surface area contributed by atoms with E-state index < -0.39 is 18.2 Å². The van der Waals surface area contributed by atoms with Crippen LogP contribution in [0.1, 0.15) is 71.8 Å². The Morgan fingerprint density at radius 3 is 2.12 bits per heavy atom. The number of carbonyl (C=O) groups excluding carboxylic acids is 1. The van der Waals surface area contributed by atoms with Gasteiger partial charge < -0.3 is 24.4 Å². The van der Waals surface area contributed by atoms with Crippen LogP contribution in [0.3, 0.4) is 0 Å². The molecular weight excluding hydrogens is 549 g/mol. The maximum atomic E-state index is 13.2. The van der Waals surface area contributed by atoms with Gasteiger partial charge in [0.2, 0.25) is 0 Å². The Balaban J connectivity index is 2.13. The van der Waals surface area contributed by atoms with Crippen LogP contribution in [-0.2, 0) is 16.1 Å². The van der Waals surface area contributed by atoms with Crippen LogP contribution in [0.2, 0.25) is 0 Å². The summed E-state index contributed by atoms with van der Waals surface area (Å²) in [6, 6.07) is 9.80. The maximum absolute atomic E-state index is 13.2. The number of fused-ring (bicyclic) bond motifs is 1. The smallest absolute Gasteiger partial charge is 0.493 e. The first-order valence-electron chi connectivity index (χ1n) is 14.8. The number of alkyl halides is 3. The predicted molar refractivity (Wildman–Crippen MR) is 157 cm³/mol. The third-order valence-electron chi connectivity index (χ3n) is 6.98. The highest BCUT2D eigenvalue weighted by Crippen LogP contribution is 2.36. The van der Waals surface area contributed by atoms with E-state index in [4.69, 9.17) is 4.74 Å². The lowest BCUT2D eigenvalue weighted by molar-refractivity contribution is -0.274. The van der Waals surface area contributed by atoms with Gasteiger partial charge >= 0.3 is 18.2 Å². The second kappa shape index (κ2) is 15.2. The number of nitrogens with zero attached hydrogens (tertiary/aromatic N) is 2. The van der Waals surface area contributed by atoms with E-state index >= 15 is 0 Å². The van der Waals surface area contributed by atoms with E-state index in [1.165, 1.54) is 17.0 Å². The molecule has 0 atom stereocenters. The SMILES string of the molecule is CC(C)COc1cc(OC(F)(F)F)cc(-c2ccc3c(c2)N(CC(C)C)CCCCCCCCN(C(=O)C(=O)O)C3)c1. The molecule has 1 heterocycles. The topological polar surface area (TPSA) is 79.3 Å². The van der Waals surface area contributed by atoms with E-state index in [1.807, 2.05) is 26.0 Å². The molecular formula is C32H43F3N2O5. The summed E-state index contributed by atoms with van der Waals surface area (Å²) in [5.41, 5.74) is 2.76. The number of carbonyl (C=O) groups is 2. The molecule has 1 aliphatic rings. The molecule has 10 heteroatoms. The predicted octanol–water partition coefficient (Wildman–Crippen LogP) is 7.52. The number of carboxylic acid groups (broad SMARTS) is 1. The Hall–Kier alpha value is -3.43. The number of rotatable bonds is 7. The molecule has 3 rings (SSSR count). The van der Waals surface area contributed by atoms with Crippen LogP contribution >= 0.6 is 0 Å². The number of benzene rings is 2. The fourth-order valence-electron chi connectivity index (χ4n) is 5.11. The first kappa shape index (κ1) is 33.1. The summed E-state index contributed by atoms with van der Waals surface area (Å²) < 4.78 is 49.6. The average molecular weight is 593 g/mol. The van der Waals surface area contributed by atoms with Gasteiger partial charge in [-0.05, 0) is 59.6 Å². The van der Waals surface area contributed by atoms with Crippen molar-refractivity contribution in [1.29, 1.82) is 0 Å². The second-order valence-corrected chi connectivity index (χ2v) is 11.8. The molecule has 2 aromatic rings. The minimum atomic E-state index is -4.86. The molecule has 0 aliphatic carbocycles. The molecule has 0 saturated carbocycles. The lowest BCUT2D eigenvalue weighted by Gasteiger charge is -2.31. The van der Waals surface area contributed by atoms with Gasteiger partial charge in [0.25, 0.3) is 0 Å². The third-order valence-corrected chi connectivity index (χ3v) is 6.98. The lowest BCUT2D eigenvalue weighted by atomic mass is 9.99. The highest BCUT2D eigenvalue weighted by atomic mass is 19.4. The minimum Gasteiger partial charge on any atom is -0.493 e. The van der Waals surface area contributed by atoms with Crippen LogP contribution in [-0.4, -0.2) is 54.5 Å². The second-order valence-electron chi connectivity index (χ2n) is 11.8. The molecule has 7 nitrogen and oxygen atoms in total. The molecule has 0 spiro atoms. The minimum absolute atomic E-state index is 0.120. The summed E-state index contributed by atoms with van der Waals surface area (Å²) in [5.74, 6) is -2.06. The van der Waals surface area contributed by atoms with Gasteiger partial charge in [0.15, 0.2) is 0 Å². The van der Waals surface area contributed by atoms with Crippen molar-refractivity contribution in [1.82, 2.24) is 4.90 Å². The number of ether oxygens (including phenoxy) is 2. The third kappa shape index (κ3) is 10.4. The van der Waals surface area contributed by atoms with Crippen LogP contribution in [0.5, 0.6) is 11.5 Å². The number of anilines is 1. The molecule has 1 amide bonds. The van der Waals surface area contributed by atoms with Crippen LogP contribution in [0, 0.1) is 11.8 Å². The molecule has 0 bridgehead atoms. The molecule has 2 aromatic carbocycles. The molecule has 0 aromatic heterocycles. The summed E-state index contributed by atoms with van der Waals surface area (Å²) in [4.78, 5) is 27.9. The van der Waals surface area contributed by atoms with Crippen LogP contribution < -0.4 is 14.4 Å². The van der Waals surface area contributed by atoms with Gasteiger partial charge in [-0.25, -0.2) is 4.79 Å². The lowest BCUT2D eigenvalue weighted by Crippen LogP contribution is -2.37. The van der Waals surface area contributed by atoms with Crippen molar-refractivity contribution in [2.24, 2.45) is 11.8 Å². The summed E-state index contributed by atoms with van der Waals surface area (Å²) in [6.45, 7) is 10.4.